The van der Waals surface area contributed by atoms with Crippen molar-refractivity contribution in [2.75, 3.05) is 19.0 Å². The molecule has 1 N–H and O–H groups in total. The Morgan fingerprint density at radius 2 is 2.09 bits per heavy atom. The smallest absolute Gasteiger partial charge is 0.255 e. The highest BCUT2D eigenvalue weighted by molar-refractivity contribution is 14.1. The zero-order valence-electron chi connectivity index (χ0n) is 12.2. The fourth-order valence-corrected chi connectivity index (χ4v) is 3.06. The van der Waals surface area contributed by atoms with Gasteiger partial charge in [0.2, 0.25) is 0 Å². The van der Waals surface area contributed by atoms with Crippen LogP contribution >= 0.6 is 38.5 Å². The maximum absolute atomic E-state index is 12.4. The van der Waals surface area contributed by atoms with E-state index >= 15 is 0 Å². The third-order valence-electron chi connectivity index (χ3n) is 2.86. The molecule has 0 radical (unpaired) electrons. The van der Waals surface area contributed by atoms with Crippen molar-refractivity contribution in [2.24, 2.45) is 0 Å². The van der Waals surface area contributed by atoms with Crippen molar-refractivity contribution >= 4 is 50.1 Å². The first kappa shape index (κ1) is 17.1. The van der Waals surface area contributed by atoms with Crippen LogP contribution in [-0.2, 0) is 0 Å². The first-order valence-electron chi connectivity index (χ1n) is 6.62. The van der Waals surface area contributed by atoms with Crippen molar-refractivity contribution in [3.63, 3.8) is 0 Å². The molecule has 2 aromatic rings. The predicted octanol–water partition coefficient (Wildman–Crippen LogP) is 4.71. The summed E-state index contributed by atoms with van der Waals surface area (Å²) in [5, 5.41) is 2.86. The van der Waals surface area contributed by atoms with Gasteiger partial charge in [0.15, 0.2) is 11.5 Å². The standard InChI is InChI=1S/C16H15BrINO3/c1-3-22-15-13(18)7-10(8-14(15)21-2)16(20)19-12-6-4-5-11(17)9-12/h4-9H,3H2,1-2H3,(H,19,20). The van der Waals surface area contributed by atoms with E-state index < -0.39 is 0 Å². The molecule has 4 nitrogen and oxygen atoms in total. The Hall–Kier alpha value is -1.28. The molecule has 1 amide bonds. The van der Waals surface area contributed by atoms with Crippen molar-refractivity contribution in [1.29, 1.82) is 0 Å². The van der Waals surface area contributed by atoms with E-state index in [2.05, 4.69) is 43.8 Å². The highest BCUT2D eigenvalue weighted by Crippen LogP contribution is 2.34. The Morgan fingerprint density at radius 1 is 1.32 bits per heavy atom. The molecule has 0 fully saturated rings. The lowest BCUT2D eigenvalue weighted by atomic mass is 10.2. The van der Waals surface area contributed by atoms with Gasteiger partial charge in [0.1, 0.15) is 0 Å². The fourth-order valence-electron chi connectivity index (χ4n) is 1.90. The van der Waals surface area contributed by atoms with Gasteiger partial charge < -0.3 is 14.8 Å². The molecule has 22 heavy (non-hydrogen) atoms. The number of hydrogen-bond donors (Lipinski definition) is 1. The second kappa shape index (κ2) is 7.82. The van der Waals surface area contributed by atoms with Gasteiger partial charge in [-0.25, -0.2) is 0 Å². The molecule has 0 aliphatic carbocycles. The van der Waals surface area contributed by atoms with Gasteiger partial charge in [0, 0.05) is 15.7 Å². The number of methoxy groups -OCH3 is 1. The van der Waals surface area contributed by atoms with E-state index in [0.29, 0.717) is 23.7 Å². The Morgan fingerprint density at radius 3 is 2.73 bits per heavy atom. The molecule has 0 bridgehead atoms. The first-order valence-corrected chi connectivity index (χ1v) is 8.49. The van der Waals surface area contributed by atoms with Gasteiger partial charge in [-0.05, 0) is 59.8 Å². The van der Waals surface area contributed by atoms with Crippen LogP contribution in [0.3, 0.4) is 0 Å². The summed E-state index contributed by atoms with van der Waals surface area (Å²) in [6, 6.07) is 10.9. The van der Waals surface area contributed by atoms with Crippen LogP contribution in [0.4, 0.5) is 5.69 Å². The van der Waals surface area contributed by atoms with Gasteiger partial charge in [-0.2, -0.15) is 0 Å². The predicted molar refractivity (Wildman–Crippen MR) is 99.0 cm³/mol. The van der Waals surface area contributed by atoms with Crippen LogP contribution in [0, 0.1) is 3.57 Å². The van der Waals surface area contributed by atoms with E-state index in [1.807, 2.05) is 31.2 Å². The van der Waals surface area contributed by atoms with E-state index in [1.54, 1.807) is 19.2 Å². The molecule has 116 valence electrons. The maximum Gasteiger partial charge on any atom is 0.255 e. The minimum absolute atomic E-state index is 0.197. The lowest BCUT2D eigenvalue weighted by Gasteiger charge is -2.13. The topological polar surface area (TPSA) is 47.6 Å². The summed E-state index contributed by atoms with van der Waals surface area (Å²) in [6.07, 6.45) is 0. The lowest BCUT2D eigenvalue weighted by molar-refractivity contribution is 0.102. The molecular formula is C16H15BrINO3. The van der Waals surface area contributed by atoms with Crippen LogP contribution in [0.15, 0.2) is 40.9 Å². The highest BCUT2D eigenvalue weighted by Gasteiger charge is 2.15. The molecule has 0 saturated carbocycles. The average Bonchev–Trinajstić information content (AvgIpc) is 2.49. The van der Waals surface area contributed by atoms with E-state index in [9.17, 15) is 4.79 Å². The molecule has 0 atom stereocenters. The largest absolute Gasteiger partial charge is 0.493 e. The summed E-state index contributed by atoms with van der Waals surface area (Å²) in [4.78, 5) is 12.4. The fraction of sp³-hybridized carbons (Fsp3) is 0.188. The number of carbonyl (C=O) groups is 1. The molecule has 0 saturated heterocycles. The number of rotatable bonds is 5. The molecule has 0 heterocycles. The number of halogens is 2. The molecule has 2 aromatic carbocycles. The zero-order chi connectivity index (χ0) is 16.1. The third kappa shape index (κ3) is 4.13. The minimum Gasteiger partial charge on any atom is -0.493 e. The highest BCUT2D eigenvalue weighted by atomic mass is 127. The molecule has 6 heteroatoms. The second-order valence-corrected chi connectivity index (χ2v) is 6.46. The quantitative estimate of drug-likeness (QED) is 0.637. The number of ether oxygens (including phenoxy) is 2. The van der Waals surface area contributed by atoms with E-state index in [1.165, 1.54) is 0 Å². The van der Waals surface area contributed by atoms with Crippen LogP contribution in [0.25, 0.3) is 0 Å². The number of anilines is 1. The maximum atomic E-state index is 12.4. The summed E-state index contributed by atoms with van der Waals surface area (Å²) in [5.74, 6) is 1.01. The summed E-state index contributed by atoms with van der Waals surface area (Å²) in [5.41, 5.74) is 1.24. The normalized spacial score (nSPS) is 10.2. The third-order valence-corrected chi connectivity index (χ3v) is 4.16. The van der Waals surface area contributed by atoms with Crippen LogP contribution < -0.4 is 14.8 Å². The average molecular weight is 476 g/mol. The van der Waals surface area contributed by atoms with Crippen molar-refractivity contribution in [3.8, 4) is 11.5 Å². The van der Waals surface area contributed by atoms with Crippen molar-refractivity contribution in [1.82, 2.24) is 0 Å². The molecule has 2 rings (SSSR count). The van der Waals surface area contributed by atoms with Gasteiger partial charge in [0.25, 0.3) is 5.91 Å². The van der Waals surface area contributed by atoms with E-state index in [4.69, 9.17) is 9.47 Å². The Labute approximate surface area is 151 Å². The molecule has 0 aliphatic rings. The summed E-state index contributed by atoms with van der Waals surface area (Å²) >= 11 is 5.52. The van der Waals surface area contributed by atoms with E-state index in [0.717, 1.165) is 13.7 Å². The summed E-state index contributed by atoms with van der Waals surface area (Å²) in [6.45, 7) is 2.44. The van der Waals surface area contributed by atoms with Gasteiger partial charge >= 0.3 is 0 Å². The molecule has 0 unspecified atom stereocenters. The van der Waals surface area contributed by atoms with Gasteiger partial charge in [0.05, 0.1) is 17.3 Å². The van der Waals surface area contributed by atoms with Crippen molar-refractivity contribution < 1.29 is 14.3 Å². The summed E-state index contributed by atoms with van der Waals surface area (Å²) < 4.78 is 12.6. The molecule has 0 aromatic heterocycles. The number of hydrogen-bond acceptors (Lipinski definition) is 3. The van der Waals surface area contributed by atoms with Gasteiger partial charge in [-0.15, -0.1) is 0 Å². The number of nitrogens with one attached hydrogen (secondary N) is 1. The number of amides is 1. The SMILES string of the molecule is CCOc1c(I)cc(C(=O)Nc2cccc(Br)c2)cc1OC. The number of benzene rings is 2. The van der Waals surface area contributed by atoms with Crippen LogP contribution in [0.2, 0.25) is 0 Å². The molecular weight excluding hydrogens is 461 g/mol. The monoisotopic (exact) mass is 475 g/mol. The molecule has 0 spiro atoms. The van der Waals surface area contributed by atoms with Crippen LogP contribution in [0.1, 0.15) is 17.3 Å². The lowest BCUT2D eigenvalue weighted by Crippen LogP contribution is -2.12. The van der Waals surface area contributed by atoms with Crippen molar-refractivity contribution in [2.45, 2.75) is 6.92 Å². The molecule has 0 aliphatic heterocycles. The first-order chi connectivity index (χ1) is 10.5. The Kier molecular flexibility index (Phi) is 6.07. The van der Waals surface area contributed by atoms with Crippen LogP contribution in [0.5, 0.6) is 11.5 Å². The van der Waals surface area contributed by atoms with Crippen molar-refractivity contribution in [3.05, 3.63) is 50.0 Å². The zero-order valence-corrected chi connectivity index (χ0v) is 15.9. The Balaban J connectivity index is 2.28. The van der Waals surface area contributed by atoms with Gasteiger partial charge in [-0.1, -0.05) is 22.0 Å². The second-order valence-electron chi connectivity index (χ2n) is 4.39. The minimum atomic E-state index is -0.197. The van der Waals surface area contributed by atoms with Crippen LogP contribution in [-0.4, -0.2) is 19.6 Å². The van der Waals surface area contributed by atoms with E-state index in [-0.39, 0.29) is 5.91 Å². The number of carbonyl (C=O) groups excluding carboxylic acids is 1. The Bertz CT molecular complexity index is 691. The van der Waals surface area contributed by atoms with Gasteiger partial charge in [-0.3, -0.25) is 4.79 Å². The summed E-state index contributed by atoms with van der Waals surface area (Å²) in [7, 11) is 1.56.